The van der Waals surface area contributed by atoms with Crippen molar-refractivity contribution in [2.75, 3.05) is 0 Å². The van der Waals surface area contributed by atoms with Crippen LogP contribution in [0.1, 0.15) is 35.7 Å². The summed E-state index contributed by atoms with van der Waals surface area (Å²) in [6.45, 7) is 4.04. The maximum absolute atomic E-state index is 10.7. The van der Waals surface area contributed by atoms with Crippen LogP contribution in [-0.4, -0.2) is 6.29 Å². The topological polar surface area (TPSA) is 17.1 Å². The molecular formula is C10H10Cl2O. The van der Waals surface area contributed by atoms with Crippen LogP contribution in [-0.2, 0) is 0 Å². The van der Waals surface area contributed by atoms with E-state index in [4.69, 9.17) is 23.2 Å². The lowest BCUT2D eigenvalue weighted by Gasteiger charge is -2.10. The fraction of sp³-hybridized carbons (Fsp3) is 0.300. The molecule has 1 aromatic rings. The van der Waals surface area contributed by atoms with Crippen molar-refractivity contribution < 1.29 is 4.79 Å². The minimum absolute atomic E-state index is 0.295. The minimum Gasteiger partial charge on any atom is -0.298 e. The van der Waals surface area contributed by atoms with Crippen LogP contribution in [0.5, 0.6) is 0 Å². The second kappa shape index (κ2) is 4.12. The van der Waals surface area contributed by atoms with Gasteiger partial charge in [-0.2, -0.15) is 0 Å². The van der Waals surface area contributed by atoms with Crippen molar-refractivity contribution in [3.63, 3.8) is 0 Å². The third-order valence-corrected chi connectivity index (χ3v) is 2.65. The summed E-state index contributed by atoms with van der Waals surface area (Å²) < 4.78 is 0. The van der Waals surface area contributed by atoms with Gasteiger partial charge in [0, 0.05) is 0 Å². The molecule has 0 unspecified atom stereocenters. The van der Waals surface area contributed by atoms with Gasteiger partial charge in [-0.15, -0.1) is 0 Å². The summed E-state index contributed by atoms with van der Waals surface area (Å²) in [6, 6.07) is 3.55. The summed E-state index contributed by atoms with van der Waals surface area (Å²) in [5, 5.41) is 0.877. The fourth-order valence-electron chi connectivity index (χ4n) is 1.14. The minimum atomic E-state index is 0.295. The van der Waals surface area contributed by atoms with Crippen LogP contribution < -0.4 is 0 Å². The Balaban J connectivity index is 3.35. The van der Waals surface area contributed by atoms with Gasteiger partial charge in [-0.05, 0) is 17.5 Å². The van der Waals surface area contributed by atoms with Crippen LogP contribution in [0.25, 0.3) is 0 Å². The van der Waals surface area contributed by atoms with E-state index in [-0.39, 0.29) is 0 Å². The van der Waals surface area contributed by atoms with Crippen LogP contribution >= 0.6 is 23.2 Å². The molecule has 0 spiro atoms. The van der Waals surface area contributed by atoms with Crippen LogP contribution in [0.4, 0.5) is 0 Å². The average molecular weight is 217 g/mol. The first-order valence-electron chi connectivity index (χ1n) is 4.01. The maximum atomic E-state index is 10.7. The van der Waals surface area contributed by atoms with Crippen LogP contribution in [0.2, 0.25) is 10.0 Å². The summed E-state index contributed by atoms with van der Waals surface area (Å²) >= 11 is 11.8. The largest absolute Gasteiger partial charge is 0.298 e. The number of carbonyl (C=O) groups excluding carboxylic acids is 1. The predicted octanol–water partition coefficient (Wildman–Crippen LogP) is 3.93. The smallest absolute Gasteiger partial charge is 0.153 e. The van der Waals surface area contributed by atoms with E-state index in [1.54, 1.807) is 6.07 Å². The molecule has 0 amide bonds. The van der Waals surface area contributed by atoms with Gasteiger partial charge in [-0.1, -0.05) is 43.1 Å². The molecule has 0 aliphatic rings. The predicted molar refractivity (Wildman–Crippen MR) is 55.9 cm³/mol. The van der Waals surface area contributed by atoms with Gasteiger partial charge in [0.05, 0.1) is 15.6 Å². The quantitative estimate of drug-likeness (QED) is 0.686. The van der Waals surface area contributed by atoms with Gasteiger partial charge in [0.15, 0.2) is 6.29 Å². The molecule has 0 heterocycles. The van der Waals surface area contributed by atoms with Gasteiger partial charge in [-0.25, -0.2) is 0 Å². The molecule has 0 aliphatic carbocycles. The Morgan fingerprint density at radius 3 is 2.38 bits per heavy atom. The molecule has 0 N–H and O–H groups in total. The zero-order valence-corrected chi connectivity index (χ0v) is 8.99. The molecule has 0 saturated heterocycles. The highest BCUT2D eigenvalue weighted by Crippen LogP contribution is 2.30. The molecule has 0 bridgehead atoms. The van der Waals surface area contributed by atoms with E-state index in [1.165, 1.54) is 0 Å². The monoisotopic (exact) mass is 216 g/mol. The SMILES string of the molecule is CC(C)c1ccc(Cl)c(C=O)c1Cl. The molecule has 0 atom stereocenters. The van der Waals surface area contributed by atoms with Gasteiger partial charge < -0.3 is 0 Å². The Bertz CT molecular complexity index is 332. The van der Waals surface area contributed by atoms with Crippen molar-refractivity contribution in [1.82, 2.24) is 0 Å². The average Bonchev–Trinajstić information content (AvgIpc) is 2.04. The van der Waals surface area contributed by atoms with Gasteiger partial charge in [0.1, 0.15) is 0 Å². The number of benzene rings is 1. The van der Waals surface area contributed by atoms with Gasteiger partial charge in [0.2, 0.25) is 0 Å². The molecule has 0 saturated carbocycles. The summed E-state index contributed by atoms with van der Waals surface area (Å²) in [7, 11) is 0. The number of hydrogen-bond donors (Lipinski definition) is 0. The van der Waals surface area contributed by atoms with Crippen molar-refractivity contribution in [1.29, 1.82) is 0 Å². The first kappa shape index (κ1) is 10.6. The molecular weight excluding hydrogens is 207 g/mol. The zero-order chi connectivity index (χ0) is 10.0. The van der Waals surface area contributed by atoms with E-state index < -0.39 is 0 Å². The highest BCUT2D eigenvalue weighted by Gasteiger charge is 2.11. The molecule has 1 rings (SSSR count). The molecule has 13 heavy (non-hydrogen) atoms. The molecule has 3 heteroatoms. The summed E-state index contributed by atoms with van der Waals surface area (Å²) in [4.78, 5) is 10.7. The maximum Gasteiger partial charge on any atom is 0.153 e. The standard InChI is InChI=1S/C10H10Cl2O/c1-6(2)7-3-4-9(11)8(5-13)10(7)12/h3-6H,1-2H3. The third kappa shape index (κ3) is 2.04. The van der Waals surface area contributed by atoms with E-state index in [9.17, 15) is 4.79 Å². The lowest BCUT2D eigenvalue weighted by Crippen LogP contribution is -1.93. The van der Waals surface area contributed by atoms with Gasteiger partial charge >= 0.3 is 0 Å². The first-order valence-corrected chi connectivity index (χ1v) is 4.76. The Labute approximate surface area is 87.7 Å². The highest BCUT2D eigenvalue weighted by molar-refractivity contribution is 6.38. The second-order valence-electron chi connectivity index (χ2n) is 3.14. The number of aldehydes is 1. The number of halogens is 2. The Morgan fingerprint density at radius 1 is 1.31 bits per heavy atom. The Kier molecular flexibility index (Phi) is 3.34. The Hall–Kier alpha value is -0.530. The van der Waals surface area contributed by atoms with Crippen molar-refractivity contribution >= 4 is 29.5 Å². The normalized spacial score (nSPS) is 10.5. The van der Waals surface area contributed by atoms with Crippen molar-refractivity contribution in [3.8, 4) is 0 Å². The second-order valence-corrected chi connectivity index (χ2v) is 3.92. The van der Waals surface area contributed by atoms with Gasteiger partial charge in [-0.3, -0.25) is 4.79 Å². The van der Waals surface area contributed by atoms with Crippen molar-refractivity contribution in [3.05, 3.63) is 33.3 Å². The zero-order valence-electron chi connectivity index (χ0n) is 7.47. The van der Waals surface area contributed by atoms with E-state index >= 15 is 0 Å². The van der Waals surface area contributed by atoms with Crippen LogP contribution in [0.15, 0.2) is 12.1 Å². The van der Waals surface area contributed by atoms with Crippen LogP contribution in [0.3, 0.4) is 0 Å². The van der Waals surface area contributed by atoms with E-state index in [2.05, 4.69) is 0 Å². The third-order valence-electron chi connectivity index (χ3n) is 1.90. The molecule has 70 valence electrons. The lowest BCUT2D eigenvalue weighted by molar-refractivity contribution is 0.112. The number of rotatable bonds is 2. The van der Waals surface area contributed by atoms with E-state index in [0.717, 1.165) is 5.56 Å². The fourth-order valence-corrected chi connectivity index (χ4v) is 1.82. The lowest BCUT2D eigenvalue weighted by atomic mass is 10.0. The van der Waals surface area contributed by atoms with E-state index in [0.29, 0.717) is 27.8 Å². The Morgan fingerprint density at radius 2 is 1.92 bits per heavy atom. The molecule has 0 radical (unpaired) electrons. The number of carbonyl (C=O) groups is 1. The molecule has 1 nitrogen and oxygen atoms in total. The summed E-state index contributed by atoms with van der Waals surface area (Å²) in [5.74, 6) is 0.295. The summed E-state index contributed by atoms with van der Waals surface area (Å²) in [6.07, 6.45) is 0.691. The van der Waals surface area contributed by atoms with Gasteiger partial charge in [0.25, 0.3) is 0 Å². The van der Waals surface area contributed by atoms with E-state index in [1.807, 2.05) is 19.9 Å². The summed E-state index contributed by atoms with van der Waals surface area (Å²) in [5.41, 5.74) is 1.34. The van der Waals surface area contributed by atoms with Crippen molar-refractivity contribution in [2.45, 2.75) is 19.8 Å². The first-order chi connectivity index (χ1) is 6.07. The molecule has 0 fully saturated rings. The molecule has 1 aromatic carbocycles. The highest BCUT2D eigenvalue weighted by atomic mass is 35.5. The van der Waals surface area contributed by atoms with Crippen LogP contribution in [0, 0.1) is 0 Å². The molecule has 0 aromatic heterocycles. The molecule has 0 aliphatic heterocycles. The number of hydrogen-bond acceptors (Lipinski definition) is 1. The van der Waals surface area contributed by atoms with Crippen molar-refractivity contribution in [2.24, 2.45) is 0 Å².